The second-order valence-electron chi connectivity index (χ2n) is 7.84. The topological polar surface area (TPSA) is 82.2 Å². The van der Waals surface area contributed by atoms with Crippen molar-refractivity contribution in [1.29, 1.82) is 0 Å². The lowest BCUT2D eigenvalue weighted by Crippen LogP contribution is -2.52. The molecule has 0 radical (unpaired) electrons. The fourth-order valence-electron chi connectivity index (χ4n) is 4.12. The minimum absolute atomic E-state index is 0.188. The van der Waals surface area contributed by atoms with Crippen LogP contribution >= 0.6 is 0 Å². The Kier molecular flexibility index (Phi) is 4.64. The van der Waals surface area contributed by atoms with Gasteiger partial charge in [-0.25, -0.2) is 4.79 Å². The summed E-state index contributed by atoms with van der Waals surface area (Å²) in [7, 11) is 1.64. The lowest BCUT2D eigenvalue weighted by Gasteiger charge is -2.37. The van der Waals surface area contributed by atoms with Gasteiger partial charge >= 0.3 is 6.03 Å². The van der Waals surface area contributed by atoms with Crippen LogP contribution in [0.5, 0.6) is 5.75 Å². The molecule has 1 aliphatic carbocycles. The Hall–Kier alpha value is -2.77. The van der Waals surface area contributed by atoms with Crippen molar-refractivity contribution in [3.8, 4) is 5.75 Å². The number of methoxy groups -OCH3 is 1. The van der Waals surface area contributed by atoms with Gasteiger partial charge in [-0.15, -0.1) is 0 Å². The highest BCUT2D eigenvalue weighted by molar-refractivity contribution is 6.09. The molecule has 1 atom stereocenters. The highest BCUT2D eigenvalue weighted by Gasteiger charge is 2.56. The number of carbonyl (C=O) groups is 3. The van der Waals surface area contributed by atoms with Crippen molar-refractivity contribution in [2.45, 2.75) is 25.3 Å². The van der Waals surface area contributed by atoms with E-state index in [0.717, 1.165) is 29.2 Å². The standard InChI is InChI=1S/C20H26N4O4/c1-20(14-7-8-14)18(26)24(19(27)21-20)13-17(25)23-11-9-22(10-12-23)15-5-3-4-6-16(15)28-2/h3-6,14H,7-13H2,1-2H3,(H,21,27)/t20-/m0/s1. The summed E-state index contributed by atoms with van der Waals surface area (Å²) in [5.74, 6) is 0.527. The highest BCUT2D eigenvalue weighted by Crippen LogP contribution is 2.42. The van der Waals surface area contributed by atoms with E-state index in [9.17, 15) is 14.4 Å². The normalized spacial score (nSPS) is 25.1. The summed E-state index contributed by atoms with van der Waals surface area (Å²) < 4.78 is 5.42. The van der Waals surface area contributed by atoms with Crippen molar-refractivity contribution >= 4 is 23.5 Å². The van der Waals surface area contributed by atoms with E-state index in [0.29, 0.717) is 26.2 Å². The summed E-state index contributed by atoms with van der Waals surface area (Å²) in [6.45, 7) is 4.00. The molecule has 0 spiro atoms. The second-order valence-corrected chi connectivity index (χ2v) is 7.84. The molecule has 0 aromatic heterocycles. The first-order chi connectivity index (χ1) is 13.4. The number of ether oxygens (including phenoxy) is 1. The quantitative estimate of drug-likeness (QED) is 0.766. The van der Waals surface area contributed by atoms with Gasteiger partial charge in [-0.3, -0.25) is 14.5 Å². The van der Waals surface area contributed by atoms with Gasteiger partial charge in [0.25, 0.3) is 5.91 Å². The van der Waals surface area contributed by atoms with Crippen LogP contribution in [0.1, 0.15) is 19.8 Å². The third kappa shape index (κ3) is 3.16. The average molecular weight is 386 g/mol. The largest absolute Gasteiger partial charge is 0.495 e. The van der Waals surface area contributed by atoms with Gasteiger partial charge in [-0.2, -0.15) is 0 Å². The zero-order valence-electron chi connectivity index (χ0n) is 16.3. The molecule has 4 rings (SSSR count). The van der Waals surface area contributed by atoms with Gasteiger partial charge in [0.05, 0.1) is 12.8 Å². The molecule has 0 bridgehead atoms. The molecule has 1 aromatic carbocycles. The first-order valence-electron chi connectivity index (χ1n) is 9.74. The number of rotatable bonds is 5. The fourth-order valence-corrected chi connectivity index (χ4v) is 4.12. The van der Waals surface area contributed by atoms with Gasteiger partial charge in [0.2, 0.25) is 5.91 Å². The maximum absolute atomic E-state index is 12.7. The molecule has 1 N–H and O–H groups in total. The highest BCUT2D eigenvalue weighted by atomic mass is 16.5. The lowest BCUT2D eigenvalue weighted by atomic mass is 9.96. The van der Waals surface area contributed by atoms with Crippen molar-refractivity contribution in [3.63, 3.8) is 0 Å². The summed E-state index contributed by atoms with van der Waals surface area (Å²) in [5.41, 5.74) is 0.159. The van der Waals surface area contributed by atoms with Crippen LogP contribution in [0.4, 0.5) is 10.5 Å². The van der Waals surface area contributed by atoms with Crippen molar-refractivity contribution < 1.29 is 19.1 Å². The van der Waals surface area contributed by atoms with E-state index in [1.165, 1.54) is 0 Å². The van der Waals surface area contributed by atoms with Crippen LogP contribution in [-0.2, 0) is 9.59 Å². The Morgan fingerprint density at radius 1 is 1.18 bits per heavy atom. The SMILES string of the molecule is COc1ccccc1N1CCN(C(=O)CN2C(=O)N[C@@](C)(C3CC3)C2=O)CC1. The number of nitrogens with zero attached hydrogens (tertiary/aromatic N) is 3. The predicted molar refractivity (Wildman–Crippen MR) is 103 cm³/mol. The number of imide groups is 1. The molecule has 3 fully saturated rings. The number of piperazine rings is 1. The molecule has 1 saturated carbocycles. The molecular weight excluding hydrogens is 360 g/mol. The van der Waals surface area contributed by atoms with E-state index in [1.807, 2.05) is 24.3 Å². The number of amides is 4. The molecule has 0 unspecified atom stereocenters. The molecule has 28 heavy (non-hydrogen) atoms. The molecule has 1 aromatic rings. The smallest absolute Gasteiger partial charge is 0.325 e. The Labute approximate surface area is 164 Å². The number of hydrogen-bond acceptors (Lipinski definition) is 5. The van der Waals surface area contributed by atoms with Crippen LogP contribution in [-0.4, -0.2) is 73.0 Å². The molecule has 3 aliphatic rings. The Bertz CT molecular complexity index is 801. The molecule has 4 amide bonds. The van der Waals surface area contributed by atoms with Crippen LogP contribution in [0.2, 0.25) is 0 Å². The molecule has 2 aliphatic heterocycles. The van der Waals surface area contributed by atoms with Crippen molar-refractivity contribution in [3.05, 3.63) is 24.3 Å². The van der Waals surface area contributed by atoms with E-state index >= 15 is 0 Å². The monoisotopic (exact) mass is 386 g/mol. The average Bonchev–Trinajstić information content (AvgIpc) is 3.54. The number of carbonyl (C=O) groups excluding carboxylic acids is 3. The van der Waals surface area contributed by atoms with Crippen LogP contribution in [0.15, 0.2) is 24.3 Å². The Morgan fingerprint density at radius 2 is 1.86 bits per heavy atom. The summed E-state index contributed by atoms with van der Waals surface area (Å²) in [6, 6.07) is 7.35. The van der Waals surface area contributed by atoms with Crippen LogP contribution in [0.25, 0.3) is 0 Å². The first-order valence-corrected chi connectivity index (χ1v) is 9.74. The van der Waals surface area contributed by atoms with Gasteiger partial charge in [0.1, 0.15) is 17.8 Å². The first kappa shape index (κ1) is 18.6. The summed E-state index contributed by atoms with van der Waals surface area (Å²) >= 11 is 0. The third-order valence-electron chi connectivity index (χ3n) is 6.05. The van der Waals surface area contributed by atoms with E-state index in [2.05, 4.69) is 10.2 Å². The number of urea groups is 1. The van der Waals surface area contributed by atoms with Crippen LogP contribution in [0.3, 0.4) is 0 Å². The second kappa shape index (κ2) is 7.00. The molecule has 8 heteroatoms. The van der Waals surface area contributed by atoms with Gasteiger partial charge in [-0.1, -0.05) is 12.1 Å². The fraction of sp³-hybridized carbons (Fsp3) is 0.550. The van der Waals surface area contributed by atoms with Gasteiger partial charge in [-0.05, 0) is 37.8 Å². The van der Waals surface area contributed by atoms with E-state index < -0.39 is 11.6 Å². The predicted octanol–water partition coefficient (Wildman–Crippen LogP) is 1.06. The van der Waals surface area contributed by atoms with Crippen LogP contribution < -0.4 is 15.0 Å². The molecule has 2 saturated heterocycles. The number of para-hydroxylation sites is 2. The van der Waals surface area contributed by atoms with E-state index in [1.54, 1.807) is 18.9 Å². The third-order valence-corrected chi connectivity index (χ3v) is 6.05. The van der Waals surface area contributed by atoms with E-state index in [4.69, 9.17) is 4.74 Å². The molecule has 8 nitrogen and oxygen atoms in total. The van der Waals surface area contributed by atoms with Crippen molar-refractivity contribution in [2.75, 3.05) is 44.7 Å². The van der Waals surface area contributed by atoms with Crippen LogP contribution in [0, 0.1) is 5.92 Å². The zero-order chi connectivity index (χ0) is 19.9. The van der Waals surface area contributed by atoms with Gasteiger partial charge < -0.3 is 19.9 Å². The zero-order valence-corrected chi connectivity index (χ0v) is 16.3. The number of anilines is 1. The Morgan fingerprint density at radius 3 is 2.50 bits per heavy atom. The number of hydrogen-bond donors (Lipinski definition) is 1. The molecule has 150 valence electrons. The summed E-state index contributed by atoms with van der Waals surface area (Å²) in [6.07, 6.45) is 1.88. The maximum atomic E-state index is 12.7. The minimum Gasteiger partial charge on any atom is -0.495 e. The summed E-state index contributed by atoms with van der Waals surface area (Å²) in [5, 5.41) is 2.79. The van der Waals surface area contributed by atoms with Crippen molar-refractivity contribution in [1.82, 2.24) is 15.1 Å². The molecule has 2 heterocycles. The van der Waals surface area contributed by atoms with E-state index in [-0.39, 0.29) is 24.3 Å². The molecular formula is C20H26N4O4. The van der Waals surface area contributed by atoms with Gasteiger partial charge in [0, 0.05) is 26.2 Å². The maximum Gasteiger partial charge on any atom is 0.325 e. The number of nitrogens with one attached hydrogen (secondary N) is 1. The van der Waals surface area contributed by atoms with Crippen molar-refractivity contribution in [2.24, 2.45) is 5.92 Å². The minimum atomic E-state index is -0.847. The van der Waals surface area contributed by atoms with Gasteiger partial charge in [0.15, 0.2) is 0 Å². The number of benzene rings is 1. The lowest BCUT2D eigenvalue weighted by molar-refractivity contribution is -0.139. The summed E-state index contributed by atoms with van der Waals surface area (Å²) in [4.78, 5) is 42.7. The Balaban J connectivity index is 1.36.